The number of benzene rings is 1. The van der Waals surface area contributed by atoms with E-state index in [9.17, 15) is 19.4 Å². The van der Waals surface area contributed by atoms with E-state index < -0.39 is 30.2 Å². The first-order chi connectivity index (χ1) is 13.9. The second-order valence-electron chi connectivity index (χ2n) is 6.70. The van der Waals surface area contributed by atoms with Crippen LogP contribution in [-0.2, 0) is 20.7 Å². The molecular weight excluding hydrogens is 405 g/mol. The highest BCUT2D eigenvalue weighted by Crippen LogP contribution is 2.38. The lowest BCUT2D eigenvalue weighted by molar-refractivity contribution is 0.0306. The number of cyclic esters (lactones) is 1. The van der Waals surface area contributed by atoms with Crippen LogP contribution >= 0.6 is 11.6 Å². The lowest BCUT2D eigenvalue weighted by Crippen LogP contribution is -2.20. The summed E-state index contributed by atoms with van der Waals surface area (Å²) >= 11 is 6.21. The third-order valence-corrected chi connectivity index (χ3v) is 4.85. The summed E-state index contributed by atoms with van der Waals surface area (Å²) in [5.41, 5.74) is 0.240. The molecule has 9 heteroatoms. The molecule has 1 saturated heterocycles. The number of nitrogens with zero attached hydrogens (tertiary/aromatic N) is 1. The van der Waals surface area contributed by atoms with Gasteiger partial charge in [-0.3, -0.25) is 0 Å². The standard InChI is InChI=1S/C20H21ClFNO6/c1-11-8-17-16(29-17)5-3-2-4-12(23-27-7-6-22)9-13-18(20(26)28-11)14(24)10-15(25)19(13)21/h2-5,10-11,16-17,24-25H,6-9H2,1H3/b4-2+,5-3-,23-12+/t11-,16-,17+/m1/s1. The second-order valence-corrected chi connectivity index (χ2v) is 7.08. The van der Waals surface area contributed by atoms with Crippen LogP contribution in [0, 0.1) is 0 Å². The van der Waals surface area contributed by atoms with Crippen LogP contribution in [0.5, 0.6) is 11.5 Å². The first-order valence-corrected chi connectivity index (χ1v) is 9.48. The van der Waals surface area contributed by atoms with Gasteiger partial charge in [0.15, 0.2) is 0 Å². The van der Waals surface area contributed by atoms with Crippen LogP contribution in [0.25, 0.3) is 0 Å². The number of carbonyl (C=O) groups is 1. The van der Waals surface area contributed by atoms with Crippen molar-refractivity contribution >= 4 is 23.3 Å². The third kappa shape index (κ3) is 5.27. The number of oxime groups is 1. The number of aromatic hydroxyl groups is 2. The smallest absolute Gasteiger partial charge is 0.342 e. The molecule has 2 aliphatic rings. The van der Waals surface area contributed by atoms with E-state index >= 15 is 0 Å². The van der Waals surface area contributed by atoms with E-state index in [2.05, 4.69) is 5.16 Å². The predicted molar refractivity (Wildman–Crippen MR) is 104 cm³/mol. The van der Waals surface area contributed by atoms with Crippen molar-refractivity contribution in [3.63, 3.8) is 0 Å². The first kappa shape index (κ1) is 21.1. The zero-order valence-corrected chi connectivity index (χ0v) is 16.4. The summed E-state index contributed by atoms with van der Waals surface area (Å²) in [6.07, 6.45) is 6.75. The minimum absolute atomic E-state index is 0.0668. The van der Waals surface area contributed by atoms with Crippen LogP contribution in [-0.4, -0.2) is 53.5 Å². The molecule has 0 spiro atoms. The van der Waals surface area contributed by atoms with Crippen molar-refractivity contribution in [2.45, 2.75) is 38.1 Å². The Morgan fingerprint density at radius 3 is 2.90 bits per heavy atom. The number of carbonyl (C=O) groups excluding carboxylic acids is 1. The van der Waals surface area contributed by atoms with Gasteiger partial charge in [0, 0.05) is 18.9 Å². The SMILES string of the molecule is C[C@@H]1C[C@@H]2O[C@@H]2\C=C/C=C/C(=N\OCCF)Cc2c(Cl)c(O)cc(O)c2C(=O)O1. The molecular formula is C20H21ClFNO6. The second kappa shape index (κ2) is 9.28. The number of esters is 1. The number of hydrogen-bond donors (Lipinski definition) is 2. The average molecular weight is 426 g/mol. The summed E-state index contributed by atoms with van der Waals surface area (Å²) in [6, 6.07) is 0.977. The van der Waals surface area contributed by atoms with Crippen LogP contribution in [0.4, 0.5) is 4.39 Å². The van der Waals surface area contributed by atoms with Gasteiger partial charge in [-0.05, 0) is 18.6 Å². The summed E-state index contributed by atoms with van der Waals surface area (Å²) in [5, 5.41) is 24.0. The highest BCUT2D eigenvalue weighted by Gasteiger charge is 2.38. The van der Waals surface area contributed by atoms with E-state index in [4.69, 9.17) is 25.9 Å². The van der Waals surface area contributed by atoms with E-state index in [1.165, 1.54) is 0 Å². The fourth-order valence-corrected chi connectivity index (χ4v) is 3.23. The van der Waals surface area contributed by atoms with Gasteiger partial charge in [-0.2, -0.15) is 0 Å². The Kier molecular flexibility index (Phi) is 6.76. The molecule has 7 nitrogen and oxygen atoms in total. The average Bonchev–Trinajstić information content (AvgIpc) is 3.39. The molecule has 1 aromatic carbocycles. The van der Waals surface area contributed by atoms with Crippen LogP contribution in [0.1, 0.15) is 29.3 Å². The Labute approximate surface area is 172 Å². The summed E-state index contributed by atoms with van der Waals surface area (Å²) in [6.45, 7) is 0.767. The molecule has 0 unspecified atom stereocenters. The molecule has 1 aromatic rings. The van der Waals surface area contributed by atoms with Crippen molar-refractivity contribution in [1.82, 2.24) is 0 Å². The zero-order valence-electron chi connectivity index (χ0n) is 15.7. The summed E-state index contributed by atoms with van der Waals surface area (Å²) in [4.78, 5) is 17.7. The van der Waals surface area contributed by atoms with E-state index in [0.717, 1.165) is 6.07 Å². The van der Waals surface area contributed by atoms with Gasteiger partial charge in [0.1, 0.15) is 42.6 Å². The third-order valence-electron chi connectivity index (χ3n) is 4.43. The molecule has 3 rings (SSSR count). The van der Waals surface area contributed by atoms with Crippen molar-refractivity contribution in [1.29, 1.82) is 0 Å². The van der Waals surface area contributed by atoms with Crippen LogP contribution in [0.15, 0.2) is 35.5 Å². The molecule has 3 atom stereocenters. The molecule has 0 aromatic heterocycles. The minimum atomic E-state index is -0.787. The molecule has 2 aliphatic heterocycles. The summed E-state index contributed by atoms with van der Waals surface area (Å²) < 4.78 is 23.3. The number of phenolic OH excluding ortho intramolecular Hbond substituents is 2. The molecule has 0 aliphatic carbocycles. The fourth-order valence-electron chi connectivity index (χ4n) is 3.02. The maximum absolute atomic E-state index is 12.7. The number of epoxide rings is 1. The zero-order chi connectivity index (χ0) is 21.0. The molecule has 0 radical (unpaired) electrons. The van der Waals surface area contributed by atoms with E-state index in [-0.39, 0.29) is 41.4 Å². The van der Waals surface area contributed by atoms with Gasteiger partial charge in [-0.25, -0.2) is 9.18 Å². The number of alkyl halides is 1. The summed E-state index contributed by atoms with van der Waals surface area (Å²) in [5.74, 6) is -1.66. The van der Waals surface area contributed by atoms with Gasteiger partial charge in [0.2, 0.25) is 0 Å². The van der Waals surface area contributed by atoms with Gasteiger partial charge >= 0.3 is 5.97 Å². The van der Waals surface area contributed by atoms with Gasteiger partial charge in [-0.1, -0.05) is 35.0 Å². The Hall–Kier alpha value is -2.58. The number of hydrogen-bond acceptors (Lipinski definition) is 7. The molecule has 156 valence electrons. The maximum Gasteiger partial charge on any atom is 0.342 e. The fraction of sp³-hybridized carbons (Fsp3) is 0.400. The van der Waals surface area contributed by atoms with Gasteiger partial charge in [0.25, 0.3) is 0 Å². The largest absolute Gasteiger partial charge is 0.507 e. The van der Waals surface area contributed by atoms with Gasteiger partial charge in [0.05, 0.1) is 16.8 Å². The number of allylic oxidation sites excluding steroid dienone is 3. The van der Waals surface area contributed by atoms with Crippen molar-refractivity contribution in [2.75, 3.05) is 13.3 Å². The monoisotopic (exact) mass is 425 g/mol. The molecule has 2 N–H and O–H groups in total. The summed E-state index contributed by atoms with van der Waals surface area (Å²) in [7, 11) is 0. The van der Waals surface area contributed by atoms with Crippen molar-refractivity contribution in [2.24, 2.45) is 5.16 Å². The Balaban J connectivity index is 2.03. The van der Waals surface area contributed by atoms with Crippen molar-refractivity contribution in [3.8, 4) is 11.5 Å². The predicted octanol–water partition coefficient (Wildman–Crippen LogP) is 3.46. The van der Waals surface area contributed by atoms with E-state index in [0.29, 0.717) is 12.1 Å². The van der Waals surface area contributed by atoms with Gasteiger partial charge in [-0.15, -0.1) is 0 Å². The van der Waals surface area contributed by atoms with E-state index in [1.54, 1.807) is 25.2 Å². The highest BCUT2D eigenvalue weighted by atomic mass is 35.5. The minimum Gasteiger partial charge on any atom is -0.507 e. The van der Waals surface area contributed by atoms with Crippen molar-refractivity contribution in [3.05, 3.63) is 46.5 Å². The molecule has 0 bridgehead atoms. The number of phenols is 2. The Bertz CT molecular complexity index is 869. The topological polar surface area (TPSA) is 101 Å². The Morgan fingerprint density at radius 1 is 1.34 bits per heavy atom. The number of ether oxygens (including phenoxy) is 2. The first-order valence-electron chi connectivity index (χ1n) is 9.10. The lowest BCUT2D eigenvalue weighted by atomic mass is 9.99. The lowest BCUT2D eigenvalue weighted by Gasteiger charge is -2.17. The van der Waals surface area contributed by atoms with Crippen LogP contribution in [0.2, 0.25) is 5.02 Å². The molecule has 0 amide bonds. The highest BCUT2D eigenvalue weighted by molar-refractivity contribution is 6.33. The number of fused-ring (bicyclic) bond motifs is 2. The molecule has 0 saturated carbocycles. The molecule has 29 heavy (non-hydrogen) atoms. The number of halogens is 2. The quantitative estimate of drug-likeness (QED) is 0.333. The van der Waals surface area contributed by atoms with E-state index in [1.807, 2.05) is 6.08 Å². The normalized spacial score (nSPS) is 27.9. The maximum atomic E-state index is 12.7. The number of rotatable bonds is 3. The van der Waals surface area contributed by atoms with Crippen LogP contribution in [0.3, 0.4) is 0 Å². The van der Waals surface area contributed by atoms with Gasteiger partial charge < -0.3 is 24.5 Å². The molecule has 2 heterocycles. The van der Waals surface area contributed by atoms with Crippen molar-refractivity contribution < 1.29 is 33.7 Å². The molecule has 1 fully saturated rings. The van der Waals surface area contributed by atoms with Crippen LogP contribution < -0.4 is 0 Å². The Morgan fingerprint density at radius 2 is 2.14 bits per heavy atom.